The first-order valence-electron chi connectivity index (χ1n) is 6.70. The fourth-order valence-electron chi connectivity index (χ4n) is 1.82. The van der Waals surface area contributed by atoms with Gasteiger partial charge in [-0.3, -0.25) is 4.40 Å². The number of nitrogens with one attached hydrogen (secondary N) is 1. The molecular formula is C13H21N5O. The highest BCUT2D eigenvalue weighted by Gasteiger charge is 2.06. The summed E-state index contributed by atoms with van der Waals surface area (Å²) in [7, 11) is 0. The van der Waals surface area contributed by atoms with E-state index in [4.69, 9.17) is 4.74 Å². The van der Waals surface area contributed by atoms with Gasteiger partial charge in [0.15, 0.2) is 5.82 Å². The predicted molar refractivity (Wildman–Crippen MR) is 74.3 cm³/mol. The second kappa shape index (κ2) is 6.47. The van der Waals surface area contributed by atoms with Crippen LogP contribution in [0.25, 0.3) is 5.65 Å². The zero-order valence-corrected chi connectivity index (χ0v) is 11.8. The fourth-order valence-corrected chi connectivity index (χ4v) is 1.82. The normalized spacial score (nSPS) is 11.4. The van der Waals surface area contributed by atoms with Crippen LogP contribution in [0.15, 0.2) is 12.4 Å². The average Bonchev–Trinajstić information content (AvgIpc) is 2.76. The second-order valence-electron chi connectivity index (χ2n) is 4.77. The Bertz CT molecular complexity index is 523. The molecule has 6 nitrogen and oxygen atoms in total. The Morgan fingerprint density at radius 1 is 1.32 bits per heavy atom. The molecule has 0 radical (unpaired) electrons. The van der Waals surface area contributed by atoms with Gasteiger partial charge in [0.25, 0.3) is 0 Å². The summed E-state index contributed by atoms with van der Waals surface area (Å²) in [6.45, 7) is 7.70. The van der Waals surface area contributed by atoms with Gasteiger partial charge in [0.2, 0.25) is 5.65 Å². The number of hydrogen-bond acceptors (Lipinski definition) is 5. The average molecular weight is 263 g/mol. The SMILES string of the molecule is Cc1nnc2c(NCCCCOC(C)C)nccn12. The van der Waals surface area contributed by atoms with E-state index in [1.165, 1.54) is 0 Å². The van der Waals surface area contributed by atoms with Crippen molar-refractivity contribution >= 4 is 11.5 Å². The summed E-state index contributed by atoms with van der Waals surface area (Å²) < 4.78 is 7.43. The summed E-state index contributed by atoms with van der Waals surface area (Å²) in [4.78, 5) is 4.30. The molecular weight excluding hydrogens is 242 g/mol. The molecule has 0 amide bonds. The van der Waals surface area contributed by atoms with Gasteiger partial charge in [-0.1, -0.05) is 0 Å². The molecule has 0 fully saturated rings. The predicted octanol–water partition coefficient (Wildman–Crippen LogP) is 2.05. The molecule has 2 aromatic rings. The van der Waals surface area contributed by atoms with E-state index in [0.717, 1.165) is 43.3 Å². The van der Waals surface area contributed by atoms with Gasteiger partial charge in [-0.15, -0.1) is 10.2 Å². The van der Waals surface area contributed by atoms with Gasteiger partial charge in [0.05, 0.1) is 6.10 Å². The summed E-state index contributed by atoms with van der Waals surface area (Å²) in [6.07, 6.45) is 6.02. The quantitative estimate of drug-likeness (QED) is 0.774. The van der Waals surface area contributed by atoms with Crippen LogP contribution in [0.4, 0.5) is 5.82 Å². The molecule has 0 aromatic carbocycles. The molecule has 104 valence electrons. The molecule has 0 unspecified atom stereocenters. The third-order valence-corrected chi connectivity index (χ3v) is 2.81. The molecule has 19 heavy (non-hydrogen) atoms. The number of ether oxygens (including phenoxy) is 1. The van der Waals surface area contributed by atoms with Gasteiger partial charge >= 0.3 is 0 Å². The molecule has 0 atom stereocenters. The van der Waals surface area contributed by atoms with Crippen molar-refractivity contribution in [3.05, 3.63) is 18.2 Å². The van der Waals surface area contributed by atoms with Crippen molar-refractivity contribution in [1.29, 1.82) is 0 Å². The Labute approximate surface area is 113 Å². The summed E-state index contributed by atoms with van der Waals surface area (Å²) in [5.41, 5.74) is 0.776. The molecule has 0 saturated heterocycles. The van der Waals surface area contributed by atoms with E-state index in [-0.39, 0.29) is 0 Å². The lowest BCUT2D eigenvalue weighted by Gasteiger charge is -2.08. The summed E-state index contributed by atoms with van der Waals surface area (Å²) in [6, 6.07) is 0. The lowest BCUT2D eigenvalue weighted by Crippen LogP contribution is -2.08. The number of anilines is 1. The zero-order valence-electron chi connectivity index (χ0n) is 11.8. The molecule has 0 aliphatic carbocycles. The summed E-state index contributed by atoms with van der Waals surface area (Å²) >= 11 is 0. The van der Waals surface area contributed by atoms with Crippen molar-refractivity contribution in [2.24, 2.45) is 0 Å². The van der Waals surface area contributed by atoms with Crippen LogP contribution in [-0.4, -0.2) is 38.8 Å². The molecule has 2 rings (SSSR count). The highest BCUT2D eigenvalue weighted by Crippen LogP contribution is 2.11. The Kier molecular flexibility index (Phi) is 4.68. The van der Waals surface area contributed by atoms with E-state index < -0.39 is 0 Å². The third kappa shape index (κ3) is 3.64. The highest BCUT2D eigenvalue weighted by molar-refractivity contribution is 5.61. The molecule has 0 saturated carbocycles. The van der Waals surface area contributed by atoms with E-state index in [1.807, 2.05) is 17.5 Å². The van der Waals surface area contributed by atoms with E-state index in [0.29, 0.717) is 6.10 Å². The maximum atomic E-state index is 5.50. The molecule has 0 aliphatic rings. The summed E-state index contributed by atoms with van der Waals surface area (Å²) in [5.74, 6) is 1.65. The van der Waals surface area contributed by atoms with Crippen LogP contribution in [0.1, 0.15) is 32.5 Å². The fraction of sp³-hybridized carbons (Fsp3) is 0.615. The largest absolute Gasteiger partial charge is 0.379 e. The molecule has 1 N–H and O–H groups in total. The van der Waals surface area contributed by atoms with Gasteiger partial charge in [0.1, 0.15) is 5.82 Å². The maximum Gasteiger partial charge on any atom is 0.203 e. The van der Waals surface area contributed by atoms with Gasteiger partial charge in [-0.05, 0) is 33.6 Å². The number of aryl methyl sites for hydroxylation is 1. The van der Waals surface area contributed by atoms with E-state index in [9.17, 15) is 0 Å². The minimum absolute atomic E-state index is 0.308. The van der Waals surface area contributed by atoms with Crippen LogP contribution in [-0.2, 0) is 4.74 Å². The van der Waals surface area contributed by atoms with Gasteiger partial charge in [-0.2, -0.15) is 0 Å². The molecule has 0 spiro atoms. The van der Waals surface area contributed by atoms with Gasteiger partial charge < -0.3 is 10.1 Å². The number of aromatic nitrogens is 4. The van der Waals surface area contributed by atoms with Crippen molar-refractivity contribution < 1.29 is 4.74 Å². The van der Waals surface area contributed by atoms with Crippen LogP contribution in [0.5, 0.6) is 0 Å². The van der Waals surface area contributed by atoms with Crippen LogP contribution < -0.4 is 5.32 Å². The molecule has 6 heteroatoms. The maximum absolute atomic E-state index is 5.50. The van der Waals surface area contributed by atoms with Crippen molar-refractivity contribution in [2.75, 3.05) is 18.5 Å². The first kappa shape index (κ1) is 13.7. The standard InChI is InChI=1S/C13H21N5O/c1-10(2)19-9-5-4-6-14-12-13-17-16-11(3)18(13)8-7-15-12/h7-8,10H,4-6,9H2,1-3H3,(H,14,15). The number of hydrogen-bond donors (Lipinski definition) is 1. The first-order valence-corrected chi connectivity index (χ1v) is 6.70. The van der Waals surface area contributed by atoms with Crippen LogP contribution >= 0.6 is 0 Å². The second-order valence-corrected chi connectivity index (χ2v) is 4.77. The molecule has 2 aromatic heterocycles. The van der Waals surface area contributed by atoms with Crippen molar-refractivity contribution in [3.63, 3.8) is 0 Å². The lowest BCUT2D eigenvalue weighted by atomic mass is 10.3. The number of rotatable bonds is 7. The van der Waals surface area contributed by atoms with Gasteiger partial charge in [0, 0.05) is 25.5 Å². The van der Waals surface area contributed by atoms with Crippen molar-refractivity contribution in [2.45, 2.75) is 39.7 Å². The first-order chi connectivity index (χ1) is 9.18. The minimum atomic E-state index is 0.308. The summed E-state index contributed by atoms with van der Waals surface area (Å²) in [5, 5.41) is 11.5. The number of nitrogens with zero attached hydrogens (tertiary/aromatic N) is 4. The Balaban J connectivity index is 1.82. The van der Waals surface area contributed by atoms with Gasteiger partial charge in [-0.25, -0.2) is 4.98 Å². The van der Waals surface area contributed by atoms with E-state index in [1.54, 1.807) is 6.20 Å². The number of fused-ring (bicyclic) bond motifs is 1. The lowest BCUT2D eigenvalue weighted by molar-refractivity contribution is 0.0765. The van der Waals surface area contributed by atoms with Crippen LogP contribution in [0.2, 0.25) is 0 Å². The smallest absolute Gasteiger partial charge is 0.203 e. The monoisotopic (exact) mass is 263 g/mol. The molecule has 2 heterocycles. The highest BCUT2D eigenvalue weighted by atomic mass is 16.5. The minimum Gasteiger partial charge on any atom is -0.379 e. The topological polar surface area (TPSA) is 64.3 Å². The molecule has 0 bridgehead atoms. The Hall–Kier alpha value is -1.69. The van der Waals surface area contributed by atoms with E-state index in [2.05, 4.69) is 34.3 Å². The Morgan fingerprint density at radius 2 is 2.16 bits per heavy atom. The number of unbranched alkanes of at least 4 members (excludes halogenated alkanes) is 1. The zero-order chi connectivity index (χ0) is 13.7. The Morgan fingerprint density at radius 3 is 2.95 bits per heavy atom. The van der Waals surface area contributed by atoms with Crippen molar-refractivity contribution in [1.82, 2.24) is 19.6 Å². The van der Waals surface area contributed by atoms with E-state index >= 15 is 0 Å². The molecule has 0 aliphatic heterocycles. The third-order valence-electron chi connectivity index (χ3n) is 2.81. The van der Waals surface area contributed by atoms with Crippen molar-refractivity contribution in [3.8, 4) is 0 Å². The van der Waals surface area contributed by atoms with Crippen LogP contribution in [0, 0.1) is 6.92 Å². The van der Waals surface area contributed by atoms with Crippen LogP contribution in [0.3, 0.4) is 0 Å².